The van der Waals surface area contributed by atoms with Crippen molar-refractivity contribution in [3.05, 3.63) is 54.1 Å². The fraction of sp³-hybridized carbons (Fsp3) is 0.649. The van der Waals surface area contributed by atoms with Crippen LogP contribution < -0.4 is 26.2 Å². The second kappa shape index (κ2) is 53.2. The van der Waals surface area contributed by atoms with Gasteiger partial charge >= 0.3 is 49.4 Å². The monoisotopic (exact) mass is 1660 g/mol. The fourth-order valence-corrected chi connectivity index (χ4v) is 14.4. The molecule has 0 bridgehead atoms. The van der Waals surface area contributed by atoms with E-state index in [4.69, 9.17) is 42.8 Å². The highest BCUT2D eigenvalue weighted by Crippen LogP contribution is 2.45. The van der Waals surface area contributed by atoms with Crippen molar-refractivity contribution in [2.75, 3.05) is 177 Å². The Balaban J connectivity index is 0.910. The van der Waals surface area contributed by atoms with Gasteiger partial charge < -0.3 is 93.7 Å². The van der Waals surface area contributed by atoms with E-state index in [-0.39, 0.29) is 178 Å². The molecule has 38 nitrogen and oxygen atoms in total. The van der Waals surface area contributed by atoms with Gasteiger partial charge in [-0.05, 0) is 88.4 Å². The molecule has 0 aliphatic carbocycles. The first-order valence-corrected chi connectivity index (χ1v) is 41.0. The molecule has 39 heteroatoms. The first-order chi connectivity index (χ1) is 55.5. The number of hydrogen-bond donors (Lipinski definition) is 9. The molecule has 2 aliphatic rings. The SMILES string of the molecule is COC(=O)CC1CCN(CC(=O)OC)CC[N+](C)(CC(=O)NCCCn2nnc3c2-c2ccccc2CN(C(=O)CCC(=O)NCCOCCOCCOCCOCCC(=O)NCCCCCC(=O)C[C@@H](CCC(=O)N[C@@H](CCCOP(=O)(O)CC(CCC(=O)O)C(=O)O)C(=O)O)C(=O)O)c2ccccc2-3)CCN(CC(=O)OC)CC1. The van der Waals surface area contributed by atoms with Crippen molar-refractivity contribution in [3.63, 3.8) is 0 Å². The number of Topliss-reactive ketones (excluding diaryl/α,β-unsaturated/α-hetero) is 1. The third-order valence-corrected chi connectivity index (χ3v) is 21.2. The fourth-order valence-electron chi connectivity index (χ4n) is 13.0. The number of carboxylic acid groups (broad SMARTS) is 4. The van der Waals surface area contributed by atoms with Crippen LogP contribution in [0.15, 0.2) is 48.5 Å². The van der Waals surface area contributed by atoms with Gasteiger partial charge in [0, 0.05) is 102 Å². The van der Waals surface area contributed by atoms with Crippen LogP contribution in [0.5, 0.6) is 0 Å². The van der Waals surface area contributed by atoms with E-state index >= 15 is 0 Å². The van der Waals surface area contributed by atoms with E-state index in [1.165, 1.54) is 21.3 Å². The topological polar surface area (TPSA) is 503 Å². The van der Waals surface area contributed by atoms with Gasteiger partial charge in [0.1, 0.15) is 17.5 Å². The summed E-state index contributed by atoms with van der Waals surface area (Å²) in [6.07, 6.45) is 0.190. The van der Waals surface area contributed by atoms with Crippen LogP contribution in [-0.2, 0) is 118 Å². The molecule has 2 aromatic carbocycles. The number of aromatic nitrogens is 3. The zero-order valence-electron chi connectivity index (χ0n) is 66.9. The largest absolute Gasteiger partial charge is 0.481 e. The predicted octanol–water partition coefficient (Wildman–Crippen LogP) is 2.92. The Bertz CT molecular complexity index is 3700. The molecule has 3 aromatic rings. The van der Waals surface area contributed by atoms with E-state index < -0.39 is 99.2 Å². The van der Waals surface area contributed by atoms with Crippen molar-refractivity contribution in [2.24, 2.45) is 17.8 Å². The number of unbranched alkanes of at least 4 members (excludes halogenated alkanes) is 2. The average Bonchev–Trinajstić information content (AvgIpc) is 1.44. The van der Waals surface area contributed by atoms with Gasteiger partial charge in [0.2, 0.25) is 23.6 Å². The first-order valence-electron chi connectivity index (χ1n) is 39.2. The number of carbonyl (C=O) groups is 13. The van der Waals surface area contributed by atoms with Gasteiger partial charge in [-0.25, -0.2) is 9.48 Å². The Morgan fingerprint density at radius 3 is 1.75 bits per heavy atom. The lowest BCUT2D eigenvalue weighted by Gasteiger charge is -2.38. The summed E-state index contributed by atoms with van der Waals surface area (Å²) >= 11 is 0. The molecule has 1 saturated heterocycles. The lowest BCUT2D eigenvalue weighted by atomic mass is 9.94. The molecule has 2 aliphatic heterocycles. The summed E-state index contributed by atoms with van der Waals surface area (Å²) in [4.78, 5) is 178. The molecule has 2 unspecified atom stereocenters. The normalized spacial score (nSPS) is 16.6. The molecule has 0 saturated carbocycles. The summed E-state index contributed by atoms with van der Waals surface area (Å²) in [7, 11) is 1.51. The van der Waals surface area contributed by atoms with Gasteiger partial charge in [0.25, 0.3) is 5.91 Å². The van der Waals surface area contributed by atoms with Crippen molar-refractivity contribution in [3.8, 4) is 22.5 Å². The summed E-state index contributed by atoms with van der Waals surface area (Å²) in [5, 5.41) is 57.6. The summed E-state index contributed by atoms with van der Waals surface area (Å²) < 4.78 is 56.6. The Morgan fingerprint density at radius 1 is 0.560 bits per heavy atom. The molecular formula is C77H117N11O27P+. The number of para-hydroxylation sites is 1. The lowest BCUT2D eigenvalue weighted by Crippen LogP contribution is -2.57. The lowest BCUT2D eigenvalue weighted by molar-refractivity contribution is -0.901. The van der Waals surface area contributed by atoms with E-state index in [0.717, 1.165) is 16.8 Å². The highest BCUT2D eigenvalue weighted by Gasteiger charge is 2.35. The second-order valence-corrected chi connectivity index (χ2v) is 30.7. The molecule has 9 N–H and O–H groups in total. The number of nitrogens with zero attached hydrogens (tertiary/aromatic N) is 7. The van der Waals surface area contributed by atoms with Crippen molar-refractivity contribution >= 4 is 90.4 Å². The summed E-state index contributed by atoms with van der Waals surface area (Å²) in [5.41, 5.74) is 4.29. The molecule has 4 atom stereocenters. The number of nitrogens with one attached hydrogen (secondary N) is 4. The van der Waals surface area contributed by atoms with Crippen LogP contribution in [0.2, 0.25) is 0 Å². The van der Waals surface area contributed by atoms with Gasteiger partial charge in [-0.2, -0.15) is 0 Å². The number of fused-ring (bicyclic) bond motifs is 5. The number of aliphatic carboxylic acids is 4. The van der Waals surface area contributed by atoms with Crippen molar-refractivity contribution < 1.29 is 134 Å². The van der Waals surface area contributed by atoms with Crippen LogP contribution in [-0.4, -0.2) is 310 Å². The minimum absolute atomic E-state index is 0.0475. The van der Waals surface area contributed by atoms with E-state index in [9.17, 15) is 87.1 Å². The van der Waals surface area contributed by atoms with Gasteiger partial charge in [-0.15, -0.1) is 5.10 Å². The van der Waals surface area contributed by atoms with Crippen LogP contribution in [0.1, 0.15) is 121 Å². The van der Waals surface area contributed by atoms with Gasteiger partial charge in [0.05, 0.1) is 150 Å². The molecular weight excluding hydrogens is 1540 g/mol. The number of rotatable bonds is 55. The molecule has 0 radical (unpaired) electrons. The number of ether oxygens (including phenoxy) is 7. The molecule has 116 heavy (non-hydrogen) atoms. The quantitative estimate of drug-likeness (QED) is 0.0129. The number of carbonyl (C=O) groups excluding carboxylic acids is 9. The van der Waals surface area contributed by atoms with Crippen LogP contribution in [0, 0.1) is 17.8 Å². The predicted molar refractivity (Wildman–Crippen MR) is 416 cm³/mol. The standard InChI is InChI=1S/C77H116N11O27P/c1-88(37-35-84(51-71(98)109-3)33-26-55(48-70(97)108-2)27-34-85(36-38-88)52-72(99)110-4)53-67(93)79-30-13-32-87-74-60-16-8-7-14-57(60)50-86(63-19-10-9-17-61(63)73(74)82-83-87)68(94)24-23-64(90)80-31-41-112-43-45-114-47-46-113-44-42-111-40-28-65(91)78-29-11-5-6-15-59(89)49-56(75(100)101)20-22-66(92)81-62(77(104)105)18-12-39-115-116(106,107)54-58(76(102)103)21-25-69(95)96/h7-10,14,16-17,19,55-56,58,62H,5-6,11-13,15,18,20-54H2,1-4H3,(H8-,78,79,80,81,90,91,92,93,95,96,100,101,102,103,104,105,106,107)/p+1/t55?,56-,58?,62+,88?/m1/s1. The number of anilines is 1. The highest BCUT2D eigenvalue weighted by molar-refractivity contribution is 7.52. The van der Waals surface area contributed by atoms with Crippen LogP contribution in [0.3, 0.4) is 0 Å². The van der Waals surface area contributed by atoms with Crippen molar-refractivity contribution in [1.29, 1.82) is 0 Å². The number of aryl methyl sites for hydroxylation is 1. The molecule has 3 heterocycles. The number of hydrogen-bond acceptors (Lipinski definition) is 26. The molecule has 646 valence electrons. The minimum Gasteiger partial charge on any atom is -0.481 e. The van der Waals surface area contributed by atoms with E-state index in [1.807, 2.05) is 70.1 Å². The number of likely N-dealkylation sites (N-methyl/N-ethyl adjacent to an activating group) is 1. The average molecular weight is 1660 g/mol. The Hall–Kier alpha value is -9.24. The van der Waals surface area contributed by atoms with E-state index in [2.05, 4.69) is 31.6 Å². The summed E-state index contributed by atoms with van der Waals surface area (Å²) in [5.74, 6) is -11.6. The summed E-state index contributed by atoms with van der Waals surface area (Å²) in [6, 6.07) is 13.7. The second-order valence-electron chi connectivity index (χ2n) is 28.8. The molecule has 1 aromatic heterocycles. The van der Waals surface area contributed by atoms with Crippen LogP contribution in [0.25, 0.3) is 22.5 Å². The van der Waals surface area contributed by atoms with Gasteiger partial charge in [0.15, 0.2) is 6.54 Å². The van der Waals surface area contributed by atoms with Crippen molar-refractivity contribution in [1.82, 2.24) is 46.1 Å². The van der Waals surface area contributed by atoms with Crippen LogP contribution >= 0.6 is 7.60 Å². The van der Waals surface area contributed by atoms with E-state index in [0.29, 0.717) is 125 Å². The number of esters is 3. The van der Waals surface area contributed by atoms with Crippen LogP contribution in [0.4, 0.5) is 5.69 Å². The maximum Gasteiger partial charge on any atom is 0.328 e. The number of amides is 5. The van der Waals surface area contributed by atoms with E-state index in [1.54, 1.807) is 4.90 Å². The van der Waals surface area contributed by atoms with Crippen molar-refractivity contribution in [2.45, 2.75) is 135 Å². The number of ketones is 1. The molecule has 0 spiro atoms. The minimum atomic E-state index is -4.50. The van der Waals surface area contributed by atoms with Gasteiger partial charge in [-0.3, -0.25) is 71.9 Å². The number of benzene rings is 2. The molecule has 5 rings (SSSR count). The zero-order chi connectivity index (χ0) is 84.8. The Kier molecular flexibility index (Phi) is 44.6. The number of quaternary nitrogens is 1. The highest BCUT2D eigenvalue weighted by atomic mass is 31.2. The Labute approximate surface area is 674 Å². The first kappa shape index (κ1) is 97.3. The number of methoxy groups -OCH3 is 3. The third-order valence-electron chi connectivity index (χ3n) is 19.7. The smallest absolute Gasteiger partial charge is 0.328 e. The third kappa shape index (κ3) is 37.8. The number of carboxylic acids is 4. The summed E-state index contributed by atoms with van der Waals surface area (Å²) in [6.45, 7) is 6.17. The maximum atomic E-state index is 14.2. The molecule has 1 fully saturated rings. The zero-order valence-corrected chi connectivity index (χ0v) is 67.8. The maximum absolute atomic E-state index is 14.2. The molecule has 5 amide bonds. The Morgan fingerprint density at radius 2 is 1.13 bits per heavy atom. The van der Waals surface area contributed by atoms with Gasteiger partial charge in [-0.1, -0.05) is 54.1 Å².